The number of ether oxygens (including phenoxy) is 3. The van der Waals surface area contributed by atoms with Gasteiger partial charge in [0.2, 0.25) is 11.7 Å². The zero-order chi connectivity index (χ0) is 20.1. The number of anilines is 1. The second-order valence-corrected chi connectivity index (χ2v) is 6.43. The van der Waals surface area contributed by atoms with E-state index in [-0.39, 0.29) is 18.2 Å². The number of nitrogens with one attached hydrogen (secondary N) is 1. The quantitative estimate of drug-likeness (QED) is 0.729. The Kier molecular flexibility index (Phi) is 6.20. The van der Waals surface area contributed by atoms with E-state index in [4.69, 9.17) is 18.6 Å². The van der Waals surface area contributed by atoms with Crippen molar-refractivity contribution >= 4 is 17.6 Å². The van der Waals surface area contributed by atoms with Crippen molar-refractivity contribution in [3.63, 3.8) is 0 Å². The van der Waals surface area contributed by atoms with Crippen LogP contribution in [-0.4, -0.2) is 50.2 Å². The van der Waals surface area contributed by atoms with Gasteiger partial charge < -0.3 is 23.9 Å². The molecule has 1 aliphatic heterocycles. The lowest BCUT2D eigenvalue weighted by Crippen LogP contribution is -2.32. The normalized spacial score (nSPS) is 12.7. The van der Waals surface area contributed by atoms with Crippen molar-refractivity contribution in [1.29, 1.82) is 0 Å². The van der Waals surface area contributed by atoms with E-state index in [1.165, 1.54) is 7.11 Å². The summed E-state index contributed by atoms with van der Waals surface area (Å²) in [5, 5.41) is 2.87. The highest BCUT2D eigenvalue weighted by molar-refractivity contribution is 5.92. The molecule has 0 unspecified atom stereocenters. The molecular formula is C20H24N2O6. The van der Waals surface area contributed by atoms with Gasteiger partial charge in [0.05, 0.1) is 20.2 Å². The number of furan rings is 1. The smallest absolute Gasteiger partial charge is 0.374 e. The highest BCUT2D eigenvalue weighted by Gasteiger charge is 2.19. The van der Waals surface area contributed by atoms with Crippen LogP contribution in [0, 0.1) is 6.92 Å². The lowest BCUT2D eigenvalue weighted by molar-refractivity contribution is -0.117. The van der Waals surface area contributed by atoms with E-state index in [0.29, 0.717) is 54.8 Å². The number of benzene rings is 1. The van der Waals surface area contributed by atoms with Crippen LogP contribution in [0.2, 0.25) is 0 Å². The summed E-state index contributed by atoms with van der Waals surface area (Å²) in [5.74, 6) is 1.42. The Bertz CT molecular complexity index is 860. The third-order valence-corrected chi connectivity index (χ3v) is 4.36. The Morgan fingerprint density at radius 3 is 2.64 bits per heavy atom. The number of hydrogen-bond donors (Lipinski definition) is 1. The number of hydrogen-bond acceptors (Lipinski definition) is 7. The second-order valence-electron chi connectivity index (χ2n) is 6.43. The molecule has 0 saturated carbocycles. The van der Waals surface area contributed by atoms with Gasteiger partial charge in [-0.25, -0.2) is 4.79 Å². The van der Waals surface area contributed by atoms with E-state index in [9.17, 15) is 9.59 Å². The molecule has 150 valence electrons. The van der Waals surface area contributed by atoms with Crippen LogP contribution in [-0.2, 0) is 16.1 Å². The number of methoxy groups -OCH3 is 1. The maximum atomic E-state index is 12.4. The van der Waals surface area contributed by atoms with Gasteiger partial charge in [0.25, 0.3) is 0 Å². The van der Waals surface area contributed by atoms with Crippen molar-refractivity contribution in [3.8, 4) is 11.5 Å². The standard InChI is InChI=1S/C20H24N2O6/c1-4-22(11-15-9-13(2)19(28-15)20(24)25-3)12-18(23)21-14-5-6-16-17(10-14)27-8-7-26-16/h5-6,9-10H,4,7-8,11-12H2,1-3H3,(H,21,23). The van der Waals surface area contributed by atoms with Crippen molar-refractivity contribution < 1.29 is 28.2 Å². The lowest BCUT2D eigenvalue weighted by Gasteiger charge is -2.20. The first-order valence-corrected chi connectivity index (χ1v) is 9.09. The summed E-state index contributed by atoms with van der Waals surface area (Å²) in [4.78, 5) is 26.0. The molecule has 1 aromatic carbocycles. The number of nitrogens with zero attached hydrogens (tertiary/aromatic N) is 1. The summed E-state index contributed by atoms with van der Waals surface area (Å²) < 4.78 is 21.3. The van der Waals surface area contributed by atoms with Crippen LogP contribution in [0.1, 0.15) is 28.8 Å². The van der Waals surface area contributed by atoms with Gasteiger partial charge in [0.15, 0.2) is 11.5 Å². The molecule has 8 heteroatoms. The van der Waals surface area contributed by atoms with Gasteiger partial charge >= 0.3 is 5.97 Å². The van der Waals surface area contributed by atoms with E-state index in [1.807, 2.05) is 11.8 Å². The fourth-order valence-electron chi connectivity index (χ4n) is 2.95. The van der Waals surface area contributed by atoms with Crippen LogP contribution in [0.15, 0.2) is 28.7 Å². The van der Waals surface area contributed by atoms with Gasteiger partial charge in [-0.1, -0.05) is 6.92 Å². The molecule has 1 aromatic heterocycles. The van der Waals surface area contributed by atoms with Crippen molar-refractivity contribution in [3.05, 3.63) is 41.3 Å². The van der Waals surface area contributed by atoms with E-state index in [1.54, 1.807) is 31.2 Å². The summed E-state index contributed by atoms with van der Waals surface area (Å²) in [7, 11) is 1.31. The Hall–Kier alpha value is -3.00. The molecule has 28 heavy (non-hydrogen) atoms. The Morgan fingerprint density at radius 2 is 1.93 bits per heavy atom. The summed E-state index contributed by atoms with van der Waals surface area (Å²) in [5.41, 5.74) is 1.35. The van der Waals surface area contributed by atoms with Gasteiger partial charge in [-0.05, 0) is 31.7 Å². The fourth-order valence-corrected chi connectivity index (χ4v) is 2.95. The number of fused-ring (bicyclic) bond motifs is 1. The topological polar surface area (TPSA) is 90.2 Å². The second kappa shape index (κ2) is 8.79. The molecule has 0 bridgehead atoms. The van der Waals surface area contributed by atoms with Crippen LogP contribution in [0.25, 0.3) is 0 Å². The van der Waals surface area contributed by atoms with Gasteiger partial charge in [0, 0.05) is 17.3 Å². The van der Waals surface area contributed by atoms with Crippen molar-refractivity contribution in [2.45, 2.75) is 20.4 Å². The van der Waals surface area contributed by atoms with Gasteiger partial charge in [-0.3, -0.25) is 9.69 Å². The molecule has 0 spiro atoms. The molecule has 1 amide bonds. The molecule has 0 fully saturated rings. The monoisotopic (exact) mass is 388 g/mol. The van der Waals surface area contributed by atoms with Gasteiger partial charge in [-0.2, -0.15) is 0 Å². The Balaban J connectivity index is 1.60. The maximum absolute atomic E-state index is 12.4. The molecule has 0 atom stereocenters. The third kappa shape index (κ3) is 4.64. The van der Waals surface area contributed by atoms with Crippen LogP contribution in [0.4, 0.5) is 5.69 Å². The molecule has 0 saturated heterocycles. The molecular weight excluding hydrogens is 364 g/mol. The number of likely N-dealkylation sites (N-methyl/N-ethyl adjacent to an activating group) is 1. The molecule has 3 rings (SSSR count). The van der Waals surface area contributed by atoms with Crippen LogP contribution < -0.4 is 14.8 Å². The Morgan fingerprint density at radius 1 is 1.18 bits per heavy atom. The predicted molar refractivity (Wildman–Crippen MR) is 102 cm³/mol. The van der Waals surface area contributed by atoms with Crippen molar-refractivity contribution in [2.75, 3.05) is 38.7 Å². The van der Waals surface area contributed by atoms with E-state index >= 15 is 0 Å². The number of esters is 1. The average molecular weight is 388 g/mol. The first kappa shape index (κ1) is 19.8. The highest BCUT2D eigenvalue weighted by atomic mass is 16.6. The van der Waals surface area contributed by atoms with E-state index in [2.05, 4.69) is 5.32 Å². The molecule has 1 N–H and O–H groups in total. The SMILES string of the molecule is CCN(CC(=O)Nc1ccc2c(c1)OCCO2)Cc1cc(C)c(C(=O)OC)o1. The number of rotatable bonds is 7. The van der Waals surface area contributed by atoms with Crippen LogP contribution in [0.3, 0.4) is 0 Å². The zero-order valence-electron chi connectivity index (χ0n) is 16.2. The number of carbonyl (C=O) groups excluding carboxylic acids is 2. The number of aryl methyl sites for hydroxylation is 1. The van der Waals surface area contributed by atoms with E-state index < -0.39 is 5.97 Å². The van der Waals surface area contributed by atoms with Crippen molar-refractivity contribution in [2.24, 2.45) is 0 Å². The Labute approximate surface area is 163 Å². The van der Waals surface area contributed by atoms with E-state index in [0.717, 1.165) is 0 Å². The molecule has 0 radical (unpaired) electrons. The minimum Gasteiger partial charge on any atom is -0.486 e. The van der Waals surface area contributed by atoms with Crippen molar-refractivity contribution in [1.82, 2.24) is 4.90 Å². The minimum absolute atomic E-state index is 0.157. The van der Waals surface area contributed by atoms with Gasteiger partial charge in [0.1, 0.15) is 19.0 Å². The number of amides is 1. The van der Waals surface area contributed by atoms with Crippen LogP contribution in [0.5, 0.6) is 11.5 Å². The first-order valence-electron chi connectivity index (χ1n) is 9.09. The highest BCUT2D eigenvalue weighted by Crippen LogP contribution is 2.32. The molecule has 0 aliphatic carbocycles. The maximum Gasteiger partial charge on any atom is 0.374 e. The summed E-state index contributed by atoms with van der Waals surface area (Å²) in [6, 6.07) is 7.09. The fraction of sp³-hybridized carbons (Fsp3) is 0.400. The largest absolute Gasteiger partial charge is 0.486 e. The minimum atomic E-state index is -0.511. The van der Waals surface area contributed by atoms with Crippen LogP contribution >= 0.6 is 0 Å². The van der Waals surface area contributed by atoms with Gasteiger partial charge in [-0.15, -0.1) is 0 Å². The average Bonchev–Trinajstić information content (AvgIpc) is 3.06. The molecule has 1 aliphatic rings. The summed E-state index contributed by atoms with van der Waals surface area (Å²) >= 11 is 0. The molecule has 8 nitrogen and oxygen atoms in total. The number of carbonyl (C=O) groups is 2. The third-order valence-electron chi connectivity index (χ3n) is 4.36. The molecule has 2 aromatic rings. The summed E-state index contributed by atoms with van der Waals surface area (Å²) in [6.45, 7) is 5.97. The lowest BCUT2D eigenvalue weighted by atomic mass is 10.2. The molecule has 2 heterocycles. The first-order chi connectivity index (χ1) is 13.5. The predicted octanol–water partition coefficient (Wildman–Crippen LogP) is 2.61. The zero-order valence-corrected chi connectivity index (χ0v) is 16.2. The summed E-state index contributed by atoms with van der Waals surface area (Å²) in [6.07, 6.45) is 0.